The molecule has 1 saturated heterocycles. The summed E-state index contributed by atoms with van der Waals surface area (Å²) in [5.74, 6) is -0.0628. The second kappa shape index (κ2) is 8.41. The summed E-state index contributed by atoms with van der Waals surface area (Å²) < 4.78 is 65.6. The quantitative estimate of drug-likeness (QED) is 0.813. The van der Waals surface area contributed by atoms with Crippen LogP contribution in [-0.4, -0.2) is 37.8 Å². The van der Waals surface area contributed by atoms with Gasteiger partial charge in [-0.2, -0.15) is 17.5 Å². The van der Waals surface area contributed by atoms with Crippen LogP contribution < -0.4 is 5.32 Å². The largest absolute Gasteiger partial charge is 0.416 e. The standard InChI is InChI=1S/C19H25F3N2O3S/c20-19(21,22)15-8-4-10-17(12-15)28(26,27)24-11-5-9-16(13-24)23-18(25)14-6-2-1-3-7-14/h4,8,10,12,14,16H,1-3,5-7,9,11,13H2,(H,23,25)/t16-/m0/s1. The van der Waals surface area contributed by atoms with E-state index in [-0.39, 0.29) is 35.9 Å². The Morgan fingerprint density at radius 1 is 1.07 bits per heavy atom. The Morgan fingerprint density at radius 2 is 1.79 bits per heavy atom. The number of alkyl halides is 3. The first-order valence-corrected chi connectivity index (χ1v) is 11.1. The predicted molar refractivity (Wildman–Crippen MR) is 97.9 cm³/mol. The molecule has 3 rings (SSSR count). The Hall–Kier alpha value is -1.61. The third-order valence-corrected chi connectivity index (χ3v) is 7.37. The van der Waals surface area contributed by atoms with Gasteiger partial charge in [-0.3, -0.25) is 4.79 Å². The van der Waals surface area contributed by atoms with Crippen LogP contribution in [0.15, 0.2) is 29.2 Å². The predicted octanol–water partition coefficient (Wildman–Crippen LogP) is 3.56. The number of nitrogens with one attached hydrogen (secondary N) is 1. The van der Waals surface area contributed by atoms with Crippen LogP contribution in [0.1, 0.15) is 50.5 Å². The van der Waals surface area contributed by atoms with E-state index < -0.39 is 21.8 Å². The number of halogens is 3. The van der Waals surface area contributed by atoms with Gasteiger partial charge in [0, 0.05) is 25.0 Å². The van der Waals surface area contributed by atoms with Crippen LogP contribution >= 0.6 is 0 Å². The Labute approximate surface area is 163 Å². The van der Waals surface area contributed by atoms with E-state index in [0.29, 0.717) is 18.9 Å². The monoisotopic (exact) mass is 418 g/mol. The highest BCUT2D eigenvalue weighted by Crippen LogP contribution is 2.31. The Morgan fingerprint density at radius 3 is 2.46 bits per heavy atom. The molecule has 0 radical (unpaired) electrons. The van der Waals surface area contributed by atoms with Crippen LogP contribution in [-0.2, 0) is 21.0 Å². The van der Waals surface area contributed by atoms with Gasteiger partial charge in [-0.15, -0.1) is 0 Å². The molecule has 2 aliphatic rings. The molecule has 9 heteroatoms. The molecule has 0 bridgehead atoms. The number of carbonyl (C=O) groups excluding carboxylic acids is 1. The van der Waals surface area contributed by atoms with E-state index in [1.807, 2.05) is 0 Å². The van der Waals surface area contributed by atoms with Gasteiger partial charge in [-0.05, 0) is 43.9 Å². The number of nitrogens with zero attached hydrogens (tertiary/aromatic N) is 1. The number of piperidine rings is 1. The molecule has 0 aromatic heterocycles. The number of hydrogen-bond donors (Lipinski definition) is 1. The van der Waals surface area contributed by atoms with Crippen molar-refractivity contribution in [2.45, 2.75) is 62.1 Å². The van der Waals surface area contributed by atoms with E-state index >= 15 is 0 Å². The summed E-state index contributed by atoms with van der Waals surface area (Å²) in [4.78, 5) is 12.1. The summed E-state index contributed by atoms with van der Waals surface area (Å²) in [6.45, 7) is 0.311. The van der Waals surface area contributed by atoms with E-state index in [1.54, 1.807) is 0 Å². The fourth-order valence-electron chi connectivity index (χ4n) is 3.94. The second-order valence-corrected chi connectivity index (χ2v) is 9.51. The van der Waals surface area contributed by atoms with E-state index in [4.69, 9.17) is 0 Å². The van der Waals surface area contributed by atoms with Crippen molar-refractivity contribution < 1.29 is 26.4 Å². The zero-order chi connectivity index (χ0) is 20.4. The van der Waals surface area contributed by atoms with E-state index in [1.165, 1.54) is 10.4 Å². The lowest BCUT2D eigenvalue weighted by molar-refractivity contribution is -0.137. The molecule has 1 aromatic rings. The lowest BCUT2D eigenvalue weighted by Crippen LogP contribution is -2.50. The first-order valence-electron chi connectivity index (χ1n) is 9.66. The molecule has 0 unspecified atom stereocenters. The van der Waals surface area contributed by atoms with Crippen molar-refractivity contribution in [3.63, 3.8) is 0 Å². The highest BCUT2D eigenvalue weighted by atomic mass is 32.2. The molecule has 1 aliphatic carbocycles. The SMILES string of the molecule is O=C(N[C@H]1CCCN(S(=O)(=O)c2cccc(C(F)(F)F)c2)C1)C1CCCCC1. The maximum Gasteiger partial charge on any atom is 0.416 e. The molecule has 5 nitrogen and oxygen atoms in total. The third-order valence-electron chi connectivity index (χ3n) is 5.51. The molecule has 1 N–H and O–H groups in total. The van der Waals surface area contributed by atoms with Gasteiger partial charge in [0.2, 0.25) is 15.9 Å². The Balaban J connectivity index is 1.70. The molecule has 1 amide bonds. The van der Waals surface area contributed by atoms with Crippen molar-refractivity contribution in [3.8, 4) is 0 Å². The van der Waals surface area contributed by atoms with Crippen molar-refractivity contribution in [1.29, 1.82) is 0 Å². The fraction of sp³-hybridized carbons (Fsp3) is 0.632. The third kappa shape index (κ3) is 4.86. The van der Waals surface area contributed by atoms with Crippen LogP contribution in [0.5, 0.6) is 0 Å². The summed E-state index contributed by atoms with van der Waals surface area (Å²) in [6, 6.07) is 3.47. The number of amides is 1. The van der Waals surface area contributed by atoms with Gasteiger partial charge in [-0.25, -0.2) is 8.42 Å². The van der Waals surface area contributed by atoms with E-state index in [2.05, 4.69) is 5.32 Å². The minimum Gasteiger partial charge on any atom is -0.352 e. The van der Waals surface area contributed by atoms with Gasteiger partial charge in [0.05, 0.1) is 10.5 Å². The van der Waals surface area contributed by atoms with Crippen molar-refractivity contribution in [1.82, 2.24) is 9.62 Å². The topological polar surface area (TPSA) is 66.5 Å². The van der Waals surface area contributed by atoms with Crippen molar-refractivity contribution >= 4 is 15.9 Å². The van der Waals surface area contributed by atoms with Gasteiger partial charge < -0.3 is 5.32 Å². The zero-order valence-corrected chi connectivity index (χ0v) is 16.4. The summed E-state index contributed by atoms with van der Waals surface area (Å²) in [7, 11) is -4.06. The van der Waals surface area contributed by atoms with Gasteiger partial charge >= 0.3 is 6.18 Å². The molecule has 1 saturated carbocycles. The lowest BCUT2D eigenvalue weighted by Gasteiger charge is -2.33. The van der Waals surface area contributed by atoms with Crippen LogP contribution in [0.3, 0.4) is 0 Å². The van der Waals surface area contributed by atoms with Crippen LogP contribution in [0, 0.1) is 5.92 Å². The maximum atomic E-state index is 12.9. The molecule has 1 aromatic carbocycles. The lowest BCUT2D eigenvalue weighted by atomic mass is 9.88. The summed E-state index contributed by atoms with van der Waals surface area (Å²) in [5, 5.41) is 2.95. The first-order chi connectivity index (χ1) is 13.2. The van der Waals surface area contributed by atoms with Crippen LogP contribution in [0.2, 0.25) is 0 Å². The van der Waals surface area contributed by atoms with Crippen LogP contribution in [0.4, 0.5) is 13.2 Å². The van der Waals surface area contributed by atoms with Crippen LogP contribution in [0.25, 0.3) is 0 Å². The smallest absolute Gasteiger partial charge is 0.352 e. The Kier molecular flexibility index (Phi) is 6.34. The summed E-state index contributed by atoms with van der Waals surface area (Å²) >= 11 is 0. The minimum absolute atomic E-state index is 0.0239. The summed E-state index contributed by atoms with van der Waals surface area (Å²) in [5.41, 5.74) is -0.993. The van der Waals surface area contributed by atoms with Crippen molar-refractivity contribution in [2.24, 2.45) is 5.92 Å². The highest BCUT2D eigenvalue weighted by Gasteiger charge is 2.35. The van der Waals surface area contributed by atoms with Gasteiger partial charge in [0.25, 0.3) is 0 Å². The normalized spacial score (nSPS) is 22.8. The van der Waals surface area contributed by atoms with Crippen molar-refractivity contribution in [3.05, 3.63) is 29.8 Å². The zero-order valence-electron chi connectivity index (χ0n) is 15.5. The van der Waals surface area contributed by atoms with Gasteiger partial charge in [0.1, 0.15) is 0 Å². The average molecular weight is 418 g/mol. The number of hydrogen-bond acceptors (Lipinski definition) is 3. The second-order valence-electron chi connectivity index (χ2n) is 7.57. The molecular formula is C19H25F3N2O3S. The fourth-order valence-corrected chi connectivity index (χ4v) is 5.51. The molecule has 2 fully saturated rings. The number of carbonyl (C=O) groups is 1. The molecule has 0 spiro atoms. The highest BCUT2D eigenvalue weighted by molar-refractivity contribution is 7.89. The average Bonchev–Trinajstić information content (AvgIpc) is 2.68. The summed E-state index contributed by atoms with van der Waals surface area (Å²) in [6.07, 6.45) is 1.49. The molecule has 28 heavy (non-hydrogen) atoms. The molecule has 1 aliphatic heterocycles. The number of rotatable bonds is 4. The van der Waals surface area contributed by atoms with E-state index in [0.717, 1.165) is 44.2 Å². The number of benzene rings is 1. The maximum absolute atomic E-state index is 12.9. The van der Waals surface area contributed by atoms with Crippen molar-refractivity contribution in [2.75, 3.05) is 13.1 Å². The molecule has 156 valence electrons. The van der Waals surface area contributed by atoms with Gasteiger partial charge in [0.15, 0.2) is 0 Å². The molecule has 1 heterocycles. The number of sulfonamides is 1. The first kappa shape index (κ1) is 21.1. The Bertz CT molecular complexity index is 805. The van der Waals surface area contributed by atoms with E-state index in [9.17, 15) is 26.4 Å². The molecule has 1 atom stereocenters. The molecular weight excluding hydrogens is 393 g/mol. The van der Waals surface area contributed by atoms with Gasteiger partial charge in [-0.1, -0.05) is 25.3 Å². The minimum atomic E-state index is -4.61.